The van der Waals surface area contributed by atoms with Crippen LogP contribution in [0.3, 0.4) is 0 Å². The summed E-state index contributed by atoms with van der Waals surface area (Å²) in [6, 6.07) is 10.4. The Balaban J connectivity index is 1.60. The molecule has 0 saturated carbocycles. The van der Waals surface area contributed by atoms with Crippen LogP contribution in [0, 0.1) is 0 Å². The molecule has 1 N–H and O–H groups in total. The second-order valence-electron chi connectivity index (χ2n) is 4.75. The third kappa shape index (κ3) is 2.88. The lowest BCUT2D eigenvalue weighted by Gasteiger charge is -2.08. The Morgan fingerprint density at radius 3 is 2.70 bits per heavy atom. The van der Waals surface area contributed by atoms with E-state index in [1.54, 1.807) is 6.20 Å². The van der Waals surface area contributed by atoms with Gasteiger partial charge in [0.1, 0.15) is 0 Å². The SMILES string of the molecule is Cn1cncc1CNc1ccc(Cn2cccn2)cc1. The van der Waals surface area contributed by atoms with Crippen LogP contribution in [-0.4, -0.2) is 19.3 Å². The molecule has 0 atom stereocenters. The van der Waals surface area contributed by atoms with Gasteiger partial charge in [-0.3, -0.25) is 4.68 Å². The Kier molecular flexibility index (Phi) is 3.50. The molecule has 0 bridgehead atoms. The fraction of sp³-hybridized carbons (Fsp3) is 0.200. The minimum absolute atomic E-state index is 0.773. The van der Waals surface area contributed by atoms with Crippen molar-refractivity contribution in [1.29, 1.82) is 0 Å². The summed E-state index contributed by atoms with van der Waals surface area (Å²) in [5.74, 6) is 0. The first-order chi connectivity index (χ1) is 9.81. The van der Waals surface area contributed by atoms with E-state index < -0.39 is 0 Å². The van der Waals surface area contributed by atoms with E-state index in [0.717, 1.165) is 24.5 Å². The Labute approximate surface area is 117 Å². The molecule has 5 heteroatoms. The van der Waals surface area contributed by atoms with Crippen molar-refractivity contribution in [3.63, 3.8) is 0 Å². The van der Waals surface area contributed by atoms with E-state index in [1.165, 1.54) is 5.56 Å². The first-order valence-corrected chi connectivity index (χ1v) is 6.57. The van der Waals surface area contributed by atoms with Crippen LogP contribution in [0.4, 0.5) is 5.69 Å². The lowest BCUT2D eigenvalue weighted by atomic mass is 10.2. The smallest absolute Gasteiger partial charge is 0.0946 e. The molecule has 0 unspecified atom stereocenters. The largest absolute Gasteiger partial charge is 0.379 e. The predicted molar refractivity (Wildman–Crippen MR) is 78.3 cm³/mol. The van der Waals surface area contributed by atoms with Gasteiger partial charge in [-0.25, -0.2) is 4.98 Å². The maximum Gasteiger partial charge on any atom is 0.0946 e. The Morgan fingerprint density at radius 2 is 2.05 bits per heavy atom. The van der Waals surface area contributed by atoms with Gasteiger partial charge in [0, 0.05) is 31.3 Å². The van der Waals surface area contributed by atoms with Crippen LogP contribution < -0.4 is 5.32 Å². The third-order valence-electron chi connectivity index (χ3n) is 3.25. The normalized spacial score (nSPS) is 10.7. The fourth-order valence-corrected chi connectivity index (χ4v) is 2.06. The van der Waals surface area contributed by atoms with Crippen molar-refractivity contribution in [3.8, 4) is 0 Å². The summed E-state index contributed by atoms with van der Waals surface area (Å²) in [4.78, 5) is 4.10. The van der Waals surface area contributed by atoms with Gasteiger partial charge in [0.15, 0.2) is 0 Å². The number of hydrogen-bond donors (Lipinski definition) is 1. The molecule has 0 fully saturated rings. The van der Waals surface area contributed by atoms with Crippen molar-refractivity contribution in [2.24, 2.45) is 7.05 Å². The fourth-order valence-electron chi connectivity index (χ4n) is 2.06. The molecule has 0 aliphatic rings. The molecule has 0 aliphatic heterocycles. The van der Waals surface area contributed by atoms with Crippen molar-refractivity contribution in [2.75, 3.05) is 5.32 Å². The van der Waals surface area contributed by atoms with Gasteiger partial charge in [-0.2, -0.15) is 5.10 Å². The van der Waals surface area contributed by atoms with Gasteiger partial charge in [0.05, 0.1) is 25.1 Å². The monoisotopic (exact) mass is 267 g/mol. The van der Waals surface area contributed by atoms with Crippen molar-refractivity contribution >= 4 is 5.69 Å². The lowest BCUT2D eigenvalue weighted by Crippen LogP contribution is -2.04. The zero-order valence-electron chi connectivity index (χ0n) is 11.4. The van der Waals surface area contributed by atoms with Crippen LogP contribution in [0.25, 0.3) is 0 Å². The summed E-state index contributed by atoms with van der Waals surface area (Å²) in [5, 5.41) is 7.60. The van der Waals surface area contributed by atoms with Gasteiger partial charge in [0.2, 0.25) is 0 Å². The number of aromatic nitrogens is 4. The summed E-state index contributed by atoms with van der Waals surface area (Å²) in [6.45, 7) is 1.57. The van der Waals surface area contributed by atoms with Crippen LogP contribution >= 0.6 is 0 Å². The minimum atomic E-state index is 0.773. The minimum Gasteiger partial charge on any atom is -0.379 e. The molecule has 1 aromatic carbocycles. The number of hydrogen-bond acceptors (Lipinski definition) is 3. The van der Waals surface area contributed by atoms with Crippen molar-refractivity contribution in [1.82, 2.24) is 19.3 Å². The van der Waals surface area contributed by atoms with Crippen LogP contribution in [0.1, 0.15) is 11.3 Å². The first-order valence-electron chi connectivity index (χ1n) is 6.57. The maximum atomic E-state index is 4.21. The van der Waals surface area contributed by atoms with Gasteiger partial charge in [-0.15, -0.1) is 0 Å². The van der Waals surface area contributed by atoms with Gasteiger partial charge < -0.3 is 9.88 Å². The molecular weight excluding hydrogens is 250 g/mol. The molecule has 0 spiro atoms. The molecule has 0 aliphatic carbocycles. The average Bonchev–Trinajstić information content (AvgIpc) is 3.10. The molecule has 0 radical (unpaired) electrons. The van der Waals surface area contributed by atoms with Gasteiger partial charge in [0.25, 0.3) is 0 Å². The highest BCUT2D eigenvalue weighted by Gasteiger charge is 1.99. The van der Waals surface area contributed by atoms with Gasteiger partial charge in [-0.05, 0) is 23.8 Å². The summed E-state index contributed by atoms with van der Waals surface area (Å²) in [5.41, 5.74) is 3.50. The van der Waals surface area contributed by atoms with E-state index in [9.17, 15) is 0 Å². The molecule has 0 saturated heterocycles. The number of benzene rings is 1. The second-order valence-corrected chi connectivity index (χ2v) is 4.75. The van der Waals surface area contributed by atoms with Gasteiger partial charge >= 0.3 is 0 Å². The molecule has 102 valence electrons. The molecule has 3 aromatic rings. The standard InChI is InChI=1S/C15H17N5/c1-19-12-16-9-15(19)10-17-14-5-3-13(4-6-14)11-20-8-2-7-18-20/h2-9,12,17H,10-11H2,1H3. The zero-order valence-corrected chi connectivity index (χ0v) is 11.4. The number of aryl methyl sites for hydroxylation is 1. The maximum absolute atomic E-state index is 4.21. The van der Waals surface area contributed by atoms with Crippen molar-refractivity contribution in [3.05, 3.63) is 66.5 Å². The Morgan fingerprint density at radius 1 is 1.20 bits per heavy atom. The molecule has 5 nitrogen and oxygen atoms in total. The Hall–Kier alpha value is -2.56. The highest BCUT2D eigenvalue weighted by atomic mass is 15.3. The van der Waals surface area contributed by atoms with E-state index in [0.29, 0.717) is 0 Å². The number of rotatable bonds is 5. The zero-order chi connectivity index (χ0) is 13.8. The second kappa shape index (κ2) is 5.61. The van der Waals surface area contributed by atoms with Crippen LogP contribution in [0.2, 0.25) is 0 Å². The quantitative estimate of drug-likeness (QED) is 0.771. The van der Waals surface area contributed by atoms with E-state index in [4.69, 9.17) is 0 Å². The predicted octanol–water partition coefficient (Wildman–Crippen LogP) is 2.28. The van der Waals surface area contributed by atoms with E-state index >= 15 is 0 Å². The topological polar surface area (TPSA) is 47.7 Å². The summed E-state index contributed by atoms with van der Waals surface area (Å²) < 4.78 is 3.93. The van der Waals surface area contributed by atoms with Crippen molar-refractivity contribution < 1.29 is 0 Å². The van der Waals surface area contributed by atoms with E-state index in [1.807, 2.05) is 41.1 Å². The number of nitrogens with one attached hydrogen (secondary N) is 1. The summed E-state index contributed by atoms with van der Waals surface area (Å²) in [7, 11) is 2.00. The molecule has 0 amide bonds. The lowest BCUT2D eigenvalue weighted by molar-refractivity contribution is 0.687. The number of imidazole rings is 1. The summed E-state index contributed by atoms with van der Waals surface area (Å²) >= 11 is 0. The highest BCUT2D eigenvalue weighted by Crippen LogP contribution is 2.12. The third-order valence-corrected chi connectivity index (χ3v) is 3.25. The van der Waals surface area contributed by atoms with Crippen LogP contribution in [0.5, 0.6) is 0 Å². The van der Waals surface area contributed by atoms with Gasteiger partial charge in [-0.1, -0.05) is 12.1 Å². The highest BCUT2D eigenvalue weighted by molar-refractivity contribution is 5.44. The summed E-state index contributed by atoms with van der Waals surface area (Å²) in [6.07, 6.45) is 7.45. The van der Waals surface area contributed by atoms with E-state index in [-0.39, 0.29) is 0 Å². The van der Waals surface area contributed by atoms with Crippen LogP contribution in [-0.2, 0) is 20.1 Å². The average molecular weight is 267 g/mol. The van der Waals surface area contributed by atoms with Crippen LogP contribution in [0.15, 0.2) is 55.2 Å². The molecule has 3 rings (SSSR count). The molecular formula is C15H17N5. The van der Waals surface area contributed by atoms with Crippen molar-refractivity contribution in [2.45, 2.75) is 13.1 Å². The molecule has 2 heterocycles. The molecule has 20 heavy (non-hydrogen) atoms. The molecule has 2 aromatic heterocycles. The first kappa shape index (κ1) is 12.5. The number of nitrogens with zero attached hydrogens (tertiary/aromatic N) is 4. The Bertz CT molecular complexity index is 652. The van der Waals surface area contributed by atoms with E-state index in [2.05, 4.69) is 39.7 Å². The number of anilines is 1.